The highest BCUT2D eigenvalue weighted by Crippen LogP contribution is 2.33. The fourth-order valence-corrected chi connectivity index (χ4v) is 3.88. The van der Waals surface area contributed by atoms with Gasteiger partial charge in [0.2, 0.25) is 0 Å². The Balaban J connectivity index is 1.65. The number of fused-ring (bicyclic) bond motifs is 1. The second kappa shape index (κ2) is 5.90. The van der Waals surface area contributed by atoms with Crippen LogP contribution in [0.4, 0.5) is 5.82 Å². The standard InChI is InChI=1S/C16H19N5OS/c1-3-21-7-12(6-19-21)13-8-20(4-5-22-13)15-14-11(2)9-23-16(14)18-10-17-15/h6-7,9-10,13H,3-5,8H2,1-2H3/t13-/m1/s1. The Morgan fingerprint density at radius 1 is 1.39 bits per heavy atom. The molecular weight excluding hydrogens is 310 g/mol. The van der Waals surface area contributed by atoms with Crippen LogP contribution in [0.1, 0.15) is 24.2 Å². The molecule has 6 nitrogen and oxygen atoms in total. The molecule has 0 bridgehead atoms. The number of thiophene rings is 1. The molecule has 120 valence electrons. The van der Waals surface area contributed by atoms with E-state index in [1.165, 1.54) is 10.9 Å². The molecule has 4 rings (SSSR count). The van der Waals surface area contributed by atoms with Crippen LogP contribution < -0.4 is 4.90 Å². The third-order valence-electron chi connectivity index (χ3n) is 4.25. The van der Waals surface area contributed by atoms with Crippen LogP contribution in [0, 0.1) is 6.92 Å². The predicted molar refractivity (Wildman–Crippen MR) is 91.0 cm³/mol. The van der Waals surface area contributed by atoms with Crippen molar-refractivity contribution in [3.63, 3.8) is 0 Å². The summed E-state index contributed by atoms with van der Waals surface area (Å²) in [6, 6.07) is 0. The SMILES string of the molecule is CCn1cc([C@H]2CN(c3ncnc4scc(C)c34)CCO2)cn1. The van der Waals surface area contributed by atoms with Gasteiger partial charge in [-0.3, -0.25) is 4.68 Å². The van der Waals surface area contributed by atoms with Gasteiger partial charge in [-0.1, -0.05) is 0 Å². The summed E-state index contributed by atoms with van der Waals surface area (Å²) in [6.45, 7) is 7.40. The molecule has 0 amide bonds. The van der Waals surface area contributed by atoms with E-state index in [4.69, 9.17) is 4.74 Å². The summed E-state index contributed by atoms with van der Waals surface area (Å²) in [4.78, 5) is 12.3. The summed E-state index contributed by atoms with van der Waals surface area (Å²) in [5.74, 6) is 1.02. The first-order chi connectivity index (χ1) is 11.3. The van der Waals surface area contributed by atoms with Gasteiger partial charge in [0.25, 0.3) is 0 Å². The number of hydrogen-bond donors (Lipinski definition) is 0. The van der Waals surface area contributed by atoms with Crippen LogP contribution in [0.5, 0.6) is 0 Å². The normalized spacial score (nSPS) is 18.7. The van der Waals surface area contributed by atoms with Crippen molar-refractivity contribution in [3.05, 3.63) is 35.2 Å². The molecule has 4 heterocycles. The fourth-order valence-electron chi connectivity index (χ4n) is 3.00. The molecule has 0 saturated carbocycles. The lowest BCUT2D eigenvalue weighted by Crippen LogP contribution is -2.38. The Morgan fingerprint density at radius 3 is 3.13 bits per heavy atom. The van der Waals surface area contributed by atoms with Gasteiger partial charge in [-0.25, -0.2) is 9.97 Å². The van der Waals surface area contributed by atoms with Crippen molar-refractivity contribution in [3.8, 4) is 0 Å². The fraction of sp³-hybridized carbons (Fsp3) is 0.438. The Hall–Kier alpha value is -1.99. The minimum absolute atomic E-state index is 0.0352. The zero-order chi connectivity index (χ0) is 15.8. The minimum atomic E-state index is 0.0352. The van der Waals surface area contributed by atoms with Crippen LogP contribution >= 0.6 is 11.3 Å². The Labute approximate surface area is 138 Å². The van der Waals surface area contributed by atoms with Crippen molar-refractivity contribution in [2.75, 3.05) is 24.6 Å². The number of ether oxygens (including phenoxy) is 1. The van der Waals surface area contributed by atoms with Crippen LogP contribution in [-0.4, -0.2) is 39.4 Å². The summed E-state index contributed by atoms with van der Waals surface area (Å²) in [6.07, 6.45) is 5.67. The van der Waals surface area contributed by atoms with E-state index in [2.05, 4.69) is 45.4 Å². The van der Waals surface area contributed by atoms with Crippen molar-refractivity contribution >= 4 is 27.4 Å². The summed E-state index contributed by atoms with van der Waals surface area (Å²) in [5, 5.41) is 7.67. The van der Waals surface area contributed by atoms with E-state index in [0.29, 0.717) is 6.61 Å². The third kappa shape index (κ3) is 2.60. The molecule has 0 spiro atoms. The van der Waals surface area contributed by atoms with Crippen LogP contribution in [0.2, 0.25) is 0 Å². The molecule has 23 heavy (non-hydrogen) atoms. The van der Waals surface area contributed by atoms with Crippen LogP contribution in [0.25, 0.3) is 10.2 Å². The van der Waals surface area contributed by atoms with Gasteiger partial charge in [0.1, 0.15) is 23.1 Å². The molecule has 0 aliphatic carbocycles. The van der Waals surface area contributed by atoms with E-state index < -0.39 is 0 Å². The van der Waals surface area contributed by atoms with Gasteiger partial charge < -0.3 is 9.64 Å². The molecule has 1 fully saturated rings. The first-order valence-electron chi connectivity index (χ1n) is 7.84. The first kappa shape index (κ1) is 14.6. The average molecular weight is 329 g/mol. The molecule has 0 aromatic carbocycles. The maximum atomic E-state index is 5.96. The summed E-state index contributed by atoms with van der Waals surface area (Å²) < 4.78 is 7.90. The topological polar surface area (TPSA) is 56.1 Å². The van der Waals surface area contributed by atoms with E-state index in [0.717, 1.165) is 35.8 Å². The third-order valence-corrected chi connectivity index (χ3v) is 5.25. The molecule has 1 aliphatic rings. The van der Waals surface area contributed by atoms with E-state index in [-0.39, 0.29) is 6.10 Å². The van der Waals surface area contributed by atoms with Crippen molar-refractivity contribution in [1.29, 1.82) is 0 Å². The van der Waals surface area contributed by atoms with Gasteiger partial charge in [0, 0.05) is 31.4 Å². The second-order valence-electron chi connectivity index (χ2n) is 5.73. The molecular formula is C16H19N5OS. The predicted octanol–water partition coefficient (Wildman–Crippen LogP) is 2.79. The van der Waals surface area contributed by atoms with Gasteiger partial charge in [-0.2, -0.15) is 5.10 Å². The molecule has 7 heteroatoms. The zero-order valence-electron chi connectivity index (χ0n) is 13.3. The lowest BCUT2D eigenvalue weighted by molar-refractivity contribution is 0.0395. The highest BCUT2D eigenvalue weighted by Gasteiger charge is 2.26. The largest absolute Gasteiger partial charge is 0.370 e. The van der Waals surface area contributed by atoms with Gasteiger partial charge in [0.15, 0.2) is 0 Å². The summed E-state index contributed by atoms with van der Waals surface area (Å²) in [7, 11) is 0. The Morgan fingerprint density at radius 2 is 2.30 bits per heavy atom. The van der Waals surface area contributed by atoms with E-state index >= 15 is 0 Å². The highest BCUT2D eigenvalue weighted by molar-refractivity contribution is 7.17. The quantitative estimate of drug-likeness (QED) is 0.739. The van der Waals surface area contributed by atoms with Crippen LogP contribution in [0.3, 0.4) is 0 Å². The number of hydrogen-bond acceptors (Lipinski definition) is 6. The number of aromatic nitrogens is 4. The summed E-state index contributed by atoms with van der Waals surface area (Å²) >= 11 is 1.67. The molecule has 1 atom stereocenters. The second-order valence-corrected chi connectivity index (χ2v) is 6.59. The lowest BCUT2D eigenvalue weighted by atomic mass is 10.1. The number of nitrogens with zero attached hydrogens (tertiary/aromatic N) is 5. The molecule has 0 unspecified atom stereocenters. The maximum absolute atomic E-state index is 5.96. The van der Waals surface area contributed by atoms with Crippen LogP contribution in [-0.2, 0) is 11.3 Å². The molecule has 3 aromatic rings. The van der Waals surface area contributed by atoms with Gasteiger partial charge in [0.05, 0.1) is 18.2 Å². The smallest absolute Gasteiger partial charge is 0.141 e. The van der Waals surface area contributed by atoms with Gasteiger partial charge >= 0.3 is 0 Å². The van der Waals surface area contributed by atoms with Gasteiger partial charge in [-0.05, 0) is 24.8 Å². The lowest BCUT2D eigenvalue weighted by Gasteiger charge is -2.33. The maximum Gasteiger partial charge on any atom is 0.141 e. The van der Waals surface area contributed by atoms with Crippen molar-refractivity contribution in [2.45, 2.75) is 26.5 Å². The van der Waals surface area contributed by atoms with E-state index in [1.54, 1.807) is 17.7 Å². The zero-order valence-corrected chi connectivity index (χ0v) is 14.1. The number of anilines is 1. The molecule has 0 radical (unpaired) electrons. The Bertz CT molecular complexity index is 827. The van der Waals surface area contributed by atoms with Crippen molar-refractivity contribution in [2.24, 2.45) is 0 Å². The molecule has 0 N–H and O–H groups in total. The number of rotatable bonds is 3. The average Bonchev–Trinajstić information content (AvgIpc) is 3.22. The van der Waals surface area contributed by atoms with E-state index in [9.17, 15) is 0 Å². The molecule has 1 saturated heterocycles. The molecule has 1 aliphatic heterocycles. The van der Waals surface area contributed by atoms with E-state index in [1.807, 2.05) is 10.9 Å². The number of aryl methyl sites for hydroxylation is 2. The minimum Gasteiger partial charge on any atom is -0.370 e. The highest BCUT2D eigenvalue weighted by atomic mass is 32.1. The first-order valence-corrected chi connectivity index (χ1v) is 8.72. The summed E-state index contributed by atoms with van der Waals surface area (Å²) in [5.41, 5.74) is 2.37. The number of morpholine rings is 1. The monoisotopic (exact) mass is 329 g/mol. The molecule has 3 aromatic heterocycles. The van der Waals surface area contributed by atoms with Crippen molar-refractivity contribution < 1.29 is 4.74 Å². The van der Waals surface area contributed by atoms with Gasteiger partial charge in [-0.15, -0.1) is 11.3 Å². The van der Waals surface area contributed by atoms with Crippen LogP contribution in [0.15, 0.2) is 24.1 Å². The Kier molecular flexibility index (Phi) is 3.74. The van der Waals surface area contributed by atoms with Crippen molar-refractivity contribution in [1.82, 2.24) is 19.7 Å².